The van der Waals surface area contributed by atoms with Crippen LogP contribution >= 0.6 is 22.9 Å². The van der Waals surface area contributed by atoms with E-state index >= 15 is 0 Å². The number of thiophene rings is 1. The SMILES string of the molecule is O=C(c1cc(C(Cc2ccccc2)C(=O)O)c(-c2ccc(Cl)cc2)s1)C1CCCCC1. The highest BCUT2D eigenvalue weighted by Crippen LogP contribution is 2.41. The molecular formula is C26H25ClO3S. The fourth-order valence-corrected chi connectivity index (χ4v) is 5.73. The summed E-state index contributed by atoms with van der Waals surface area (Å²) in [5.74, 6) is -1.39. The smallest absolute Gasteiger partial charge is 0.311 e. The van der Waals surface area contributed by atoms with Crippen LogP contribution in [0.2, 0.25) is 5.02 Å². The van der Waals surface area contributed by atoms with E-state index < -0.39 is 11.9 Å². The van der Waals surface area contributed by atoms with Crippen LogP contribution in [0.5, 0.6) is 0 Å². The summed E-state index contributed by atoms with van der Waals surface area (Å²) in [6, 6.07) is 18.9. The van der Waals surface area contributed by atoms with Crippen molar-refractivity contribution in [3.63, 3.8) is 0 Å². The molecular weight excluding hydrogens is 428 g/mol. The Labute approximate surface area is 191 Å². The maximum absolute atomic E-state index is 13.2. The van der Waals surface area contributed by atoms with Crippen molar-refractivity contribution in [3.8, 4) is 10.4 Å². The first-order chi connectivity index (χ1) is 15.0. The van der Waals surface area contributed by atoms with Crippen molar-refractivity contribution >= 4 is 34.7 Å². The van der Waals surface area contributed by atoms with Crippen molar-refractivity contribution in [2.75, 3.05) is 0 Å². The maximum Gasteiger partial charge on any atom is 0.311 e. The molecule has 1 aliphatic carbocycles. The topological polar surface area (TPSA) is 54.4 Å². The van der Waals surface area contributed by atoms with Crippen LogP contribution in [0.3, 0.4) is 0 Å². The molecule has 5 heteroatoms. The van der Waals surface area contributed by atoms with E-state index in [0.717, 1.165) is 41.7 Å². The Hall–Kier alpha value is -2.43. The lowest BCUT2D eigenvalue weighted by atomic mass is 9.85. The summed E-state index contributed by atoms with van der Waals surface area (Å²) in [5.41, 5.74) is 2.57. The Morgan fingerprint density at radius 2 is 1.68 bits per heavy atom. The number of rotatable bonds is 7. The normalized spacial score (nSPS) is 15.5. The molecule has 1 fully saturated rings. The van der Waals surface area contributed by atoms with Gasteiger partial charge in [0, 0.05) is 15.8 Å². The van der Waals surface area contributed by atoms with Crippen molar-refractivity contribution in [2.24, 2.45) is 5.92 Å². The molecule has 1 aromatic heterocycles. The Bertz CT molecular complexity index is 1050. The van der Waals surface area contributed by atoms with Gasteiger partial charge in [-0.05, 0) is 54.2 Å². The van der Waals surface area contributed by atoms with Gasteiger partial charge in [0.25, 0.3) is 0 Å². The summed E-state index contributed by atoms with van der Waals surface area (Å²) < 4.78 is 0. The lowest BCUT2D eigenvalue weighted by molar-refractivity contribution is -0.138. The summed E-state index contributed by atoms with van der Waals surface area (Å²) in [5, 5.41) is 10.7. The zero-order valence-corrected chi connectivity index (χ0v) is 18.8. The maximum atomic E-state index is 13.2. The van der Waals surface area contributed by atoms with Gasteiger partial charge in [0.15, 0.2) is 5.78 Å². The molecule has 0 radical (unpaired) electrons. The number of carbonyl (C=O) groups excluding carboxylic acids is 1. The van der Waals surface area contributed by atoms with E-state index in [2.05, 4.69) is 0 Å². The molecule has 1 N–H and O–H groups in total. The van der Waals surface area contributed by atoms with Crippen LogP contribution in [0.1, 0.15) is 58.8 Å². The Morgan fingerprint density at radius 1 is 1.00 bits per heavy atom. The Kier molecular flexibility index (Phi) is 6.89. The fourth-order valence-electron chi connectivity index (χ4n) is 4.36. The second-order valence-electron chi connectivity index (χ2n) is 8.18. The Morgan fingerprint density at radius 3 is 2.32 bits per heavy atom. The molecule has 0 bridgehead atoms. The molecule has 3 nitrogen and oxygen atoms in total. The van der Waals surface area contributed by atoms with Crippen LogP contribution in [0.4, 0.5) is 0 Å². The number of halogens is 1. The molecule has 3 aromatic rings. The van der Waals surface area contributed by atoms with E-state index in [1.54, 1.807) is 12.1 Å². The van der Waals surface area contributed by atoms with Crippen molar-refractivity contribution in [3.05, 3.63) is 81.7 Å². The third kappa shape index (κ3) is 5.08. The van der Waals surface area contributed by atoms with Gasteiger partial charge in [-0.15, -0.1) is 11.3 Å². The van der Waals surface area contributed by atoms with Gasteiger partial charge in [0.05, 0.1) is 10.8 Å². The second-order valence-corrected chi connectivity index (χ2v) is 9.67. The number of hydrogen-bond acceptors (Lipinski definition) is 3. The zero-order valence-electron chi connectivity index (χ0n) is 17.2. The Balaban J connectivity index is 1.76. The third-order valence-corrected chi connectivity index (χ3v) is 7.51. The molecule has 1 aliphatic rings. The minimum atomic E-state index is -0.881. The average molecular weight is 453 g/mol. The highest BCUT2D eigenvalue weighted by Gasteiger charge is 2.30. The third-order valence-electron chi connectivity index (χ3n) is 6.04. The molecule has 160 valence electrons. The van der Waals surface area contributed by atoms with Gasteiger partial charge in [-0.3, -0.25) is 9.59 Å². The molecule has 0 amide bonds. The fraction of sp³-hybridized carbons (Fsp3) is 0.308. The molecule has 1 saturated carbocycles. The van der Waals surface area contributed by atoms with Gasteiger partial charge in [-0.2, -0.15) is 0 Å². The van der Waals surface area contributed by atoms with Gasteiger partial charge in [-0.1, -0.05) is 73.3 Å². The highest BCUT2D eigenvalue weighted by molar-refractivity contribution is 7.17. The first-order valence-corrected chi connectivity index (χ1v) is 11.9. The van der Waals surface area contributed by atoms with Gasteiger partial charge in [0.1, 0.15) is 0 Å². The van der Waals surface area contributed by atoms with E-state index in [4.69, 9.17) is 11.6 Å². The molecule has 1 atom stereocenters. The standard InChI is InChI=1S/C26H25ClO3S/c27-20-13-11-19(12-14-20)25-21(22(26(29)30)15-17-7-3-1-4-8-17)16-23(31-25)24(28)18-9-5-2-6-10-18/h1,3-4,7-8,11-14,16,18,22H,2,5-6,9-10,15H2,(H,29,30). The molecule has 31 heavy (non-hydrogen) atoms. The molecule has 0 spiro atoms. The molecule has 0 saturated heterocycles. The molecule has 1 heterocycles. The monoisotopic (exact) mass is 452 g/mol. The van der Waals surface area contributed by atoms with Gasteiger partial charge in [0.2, 0.25) is 0 Å². The van der Waals surface area contributed by atoms with E-state index in [-0.39, 0.29) is 11.7 Å². The van der Waals surface area contributed by atoms with Crippen LogP contribution in [0.25, 0.3) is 10.4 Å². The van der Waals surface area contributed by atoms with Crippen LogP contribution in [-0.4, -0.2) is 16.9 Å². The van der Waals surface area contributed by atoms with Gasteiger partial charge in [-0.25, -0.2) is 0 Å². The first-order valence-electron chi connectivity index (χ1n) is 10.7. The lowest BCUT2D eigenvalue weighted by Crippen LogP contribution is -2.17. The number of hydrogen-bond donors (Lipinski definition) is 1. The van der Waals surface area contributed by atoms with E-state index in [0.29, 0.717) is 21.9 Å². The van der Waals surface area contributed by atoms with Crippen LogP contribution in [-0.2, 0) is 11.2 Å². The number of carboxylic acid groups (broad SMARTS) is 1. The van der Waals surface area contributed by atoms with Crippen molar-refractivity contribution in [2.45, 2.75) is 44.4 Å². The predicted octanol–water partition coefficient (Wildman–Crippen LogP) is 7.24. The summed E-state index contributed by atoms with van der Waals surface area (Å²) in [6.07, 6.45) is 5.59. The van der Waals surface area contributed by atoms with Crippen molar-refractivity contribution in [1.29, 1.82) is 0 Å². The quantitative estimate of drug-likeness (QED) is 0.384. The first kappa shape index (κ1) is 21.8. The van der Waals surface area contributed by atoms with Crippen LogP contribution < -0.4 is 0 Å². The number of ketones is 1. The predicted molar refractivity (Wildman–Crippen MR) is 126 cm³/mol. The minimum absolute atomic E-state index is 0.0516. The van der Waals surface area contributed by atoms with Gasteiger partial charge < -0.3 is 5.11 Å². The molecule has 0 aliphatic heterocycles. The molecule has 2 aromatic carbocycles. The summed E-state index contributed by atoms with van der Waals surface area (Å²) >= 11 is 7.49. The number of carboxylic acids is 1. The lowest BCUT2D eigenvalue weighted by Gasteiger charge is -2.19. The van der Waals surface area contributed by atoms with E-state index in [1.165, 1.54) is 17.8 Å². The highest BCUT2D eigenvalue weighted by atomic mass is 35.5. The second kappa shape index (κ2) is 9.80. The van der Waals surface area contributed by atoms with Gasteiger partial charge >= 0.3 is 5.97 Å². The number of Topliss-reactive ketones (excluding diaryl/α,β-unsaturated/α-hetero) is 1. The minimum Gasteiger partial charge on any atom is -0.481 e. The van der Waals surface area contributed by atoms with Crippen molar-refractivity contribution < 1.29 is 14.7 Å². The number of carbonyl (C=O) groups is 2. The number of benzene rings is 2. The average Bonchev–Trinajstić information content (AvgIpc) is 3.23. The summed E-state index contributed by atoms with van der Waals surface area (Å²) in [6.45, 7) is 0. The van der Waals surface area contributed by atoms with Crippen LogP contribution in [0, 0.1) is 5.92 Å². The summed E-state index contributed by atoms with van der Waals surface area (Å²) in [7, 11) is 0. The molecule has 4 rings (SSSR count). The molecule has 1 unspecified atom stereocenters. The summed E-state index contributed by atoms with van der Waals surface area (Å²) in [4.78, 5) is 27.1. The van der Waals surface area contributed by atoms with Crippen LogP contribution in [0.15, 0.2) is 60.7 Å². The number of aliphatic carboxylic acids is 1. The van der Waals surface area contributed by atoms with E-state index in [1.807, 2.05) is 48.5 Å². The van der Waals surface area contributed by atoms with E-state index in [9.17, 15) is 14.7 Å². The van der Waals surface area contributed by atoms with Crippen molar-refractivity contribution in [1.82, 2.24) is 0 Å². The largest absolute Gasteiger partial charge is 0.481 e. The zero-order chi connectivity index (χ0) is 21.8.